The van der Waals surface area contributed by atoms with Gasteiger partial charge in [-0.2, -0.15) is 0 Å². The van der Waals surface area contributed by atoms with E-state index >= 15 is 0 Å². The summed E-state index contributed by atoms with van der Waals surface area (Å²) in [6, 6.07) is 7.00. The molecule has 0 radical (unpaired) electrons. The van der Waals surface area contributed by atoms with E-state index in [9.17, 15) is 8.42 Å². The zero-order chi connectivity index (χ0) is 12.2. The van der Waals surface area contributed by atoms with Gasteiger partial charge in [-0.25, -0.2) is 13.1 Å². The molecule has 1 rings (SSSR count). The summed E-state index contributed by atoms with van der Waals surface area (Å²) < 4.78 is 26.7. The van der Waals surface area contributed by atoms with Crippen LogP contribution in [0.1, 0.15) is 32.3 Å². The third-order valence-electron chi connectivity index (χ3n) is 2.46. The van der Waals surface area contributed by atoms with E-state index in [0.29, 0.717) is 4.90 Å². The molecule has 0 fully saturated rings. The Morgan fingerprint density at radius 2 is 1.94 bits per heavy atom. The van der Waals surface area contributed by atoms with Gasteiger partial charge in [0.15, 0.2) is 0 Å². The Bertz CT molecular complexity index is 440. The fourth-order valence-corrected chi connectivity index (χ4v) is 3.20. The third kappa shape index (κ3) is 3.32. The van der Waals surface area contributed by atoms with Crippen LogP contribution in [0.3, 0.4) is 0 Å². The Hall–Kier alpha value is -0.870. The van der Waals surface area contributed by atoms with E-state index in [1.54, 1.807) is 25.1 Å². The summed E-state index contributed by atoms with van der Waals surface area (Å²) in [5.41, 5.74) is 0.777. The minimum atomic E-state index is -3.36. The van der Waals surface area contributed by atoms with Crippen molar-refractivity contribution in [2.45, 2.75) is 44.6 Å². The molecule has 16 heavy (non-hydrogen) atoms. The van der Waals surface area contributed by atoms with Gasteiger partial charge in [0.05, 0.1) is 4.90 Å². The Morgan fingerprint density at radius 1 is 1.31 bits per heavy atom. The largest absolute Gasteiger partial charge is 0.241 e. The summed E-state index contributed by atoms with van der Waals surface area (Å²) >= 11 is 0. The lowest BCUT2D eigenvalue weighted by atomic mass is 10.2. The second kappa shape index (κ2) is 5.46. The highest BCUT2D eigenvalue weighted by Crippen LogP contribution is 2.14. The molecule has 3 nitrogen and oxygen atoms in total. The molecule has 0 saturated carbocycles. The minimum Gasteiger partial charge on any atom is -0.208 e. The highest BCUT2D eigenvalue weighted by atomic mass is 32.2. The van der Waals surface area contributed by atoms with Crippen LogP contribution >= 0.6 is 0 Å². The van der Waals surface area contributed by atoms with Gasteiger partial charge >= 0.3 is 0 Å². The van der Waals surface area contributed by atoms with Gasteiger partial charge in [-0.3, -0.25) is 0 Å². The fraction of sp³-hybridized carbons (Fsp3) is 0.500. The molecule has 4 heteroatoms. The van der Waals surface area contributed by atoms with Gasteiger partial charge in [0.1, 0.15) is 0 Å². The molecule has 0 aliphatic carbocycles. The van der Waals surface area contributed by atoms with Crippen LogP contribution in [0.15, 0.2) is 29.2 Å². The van der Waals surface area contributed by atoms with Gasteiger partial charge in [0, 0.05) is 6.04 Å². The highest BCUT2D eigenvalue weighted by Gasteiger charge is 2.18. The van der Waals surface area contributed by atoms with Crippen LogP contribution in [-0.2, 0) is 10.0 Å². The minimum absolute atomic E-state index is 0.0189. The molecule has 1 N–H and O–H groups in total. The Morgan fingerprint density at radius 3 is 2.50 bits per heavy atom. The molecule has 1 atom stereocenters. The SMILES string of the molecule is CCCC(C)NS(=O)(=O)c1ccccc1C. The maximum absolute atomic E-state index is 12.0. The molecule has 0 saturated heterocycles. The van der Waals surface area contributed by atoms with Crippen molar-refractivity contribution in [1.82, 2.24) is 4.72 Å². The fourth-order valence-electron chi connectivity index (χ4n) is 1.68. The van der Waals surface area contributed by atoms with Crippen molar-refractivity contribution in [3.63, 3.8) is 0 Å². The first-order valence-electron chi connectivity index (χ1n) is 5.55. The molecule has 0 aliphatic rings. The highest BCUT2D eigenvalue weighted by molar-refractivity contribution is 7.89. The maximum Gasteiger partial charge on any atom is 0.241 e. The normalized spacial score (nSPS) is 13.7. The summed E-state index contributed by atoms with van der Waals surface area (Å²) in [7, 11) is -3.36. The van der Waals surface area contributed by atoms with Crippen molar-refractivity contribution in [3.05, 3.63) is 29.8 Å². The zero-order valence-electron chi connectivity index (χ0n) is 10.0. The van der Waals surface area contributed by atoms with E-state index < -0.39 is 10.0 Å². The molecule has 1 aromatic carbocycles. The number of nitrogens with one attached hydrogen (secondary N) is 1. The van der Waals surface area contributed by atoms with Gasteiger partial charge in [0.2, 0.25) is 10.0 Å². The maximum atomic E-state index is 12.0. The number of hydrogen-bond donors (Lipinski definition) is 1. The van der Waals surface area contributed by atoms with Crippen LogP contribution in [0, 0.1) is 6.92 Å². The first-order chi connectivity index (χ1) is 7.47. The number of benzene rings is 1. The number of sulfonamides is 1. The van der Waals surface area contributed by atoms with Crippen LogP contribution in [0.5, 0.6) is 0 Å². The Balaban J connectivity index is 2.91. The van der Waals surface area contributed by atoms with Gasteiger partial charge in [-0.1, -0.05) is 31.5 Å². The summed E-state index contributed by atoms with van der Waals surface area (Å²) in [5.74, 6) is 0. The monoisotopic (exact) mass is 241 g/mol. The van der Waals surface area contributed by atoms with Crippen LogP contribution in [0.25, 0.3) is 0 Å². The average molecular weight is 241 g/mol. The van der Waals surface area contributed by atoms with E-state index in [1.807, 2.05) is 19.9 Å². The molecule has 1 aromatic rings. The van der Waals surface area contributed by atoms with Crippen molar-refractivity contribution in [2.75, 3.05) is 0 Å². The predicted molar refractivity (Wildman–Crippen MR) is 65.9 cm³/mol. The lowest BCUT2D eigenvalue weighted by molar-refractivity contribution is 0.543. The van der Waals surface area contributed by atoms with Crippen molar-refractivity contribution < 1.29 is 8.42 Å². The van der Waals surface area contributed by atoms with E-state index in [2.05, 4.69) is 4.72 Å². The topological polar surface area (TPSA) is 46.2 Å². The van der Waals surface area contributed by atoms with E-state index in [-0.39, 0.29) is 6.04 Å². The molecule has 0 aromatic heterocycles. The number of aryl methyl sites for hydroxylation is 1. The van der Waals surface area contributed by atoms with E-state index in [4.69, 9.17) is 0 Å². The smallest absolute Gasteiger partial charge is 0.208 e. The molecule has 90 valence electrons. The molecule has 0 aliphatic heterocycles. The van der Waals surface area contributed by atoms with Crippen molar-refractivity contribution >= 4 is 10.0 Å². The Kier molecular flexibility index (Phi) is 4.50. The summed E-state index contributed by atoms with van der Waals surface area (Å²) in [6.07, 6.45) is 1.82. The molecule has 0 spiro atoms. The van der Waals surface area contributed by atoms with Crippen LogP contribution in [-0.4, -0.2) is 14.5 Å². The quantitative estimate of drug-likeness (QED) is 0.860. The first-order valence-corrected chi connectivity index (χ1v) is 7.03. The zero-order valence-corrected chi connectivity index (χ0v) is 10.8. The Labute approximate surface area is 97.9 Å². The first kappa shape index (κ1) is 13.2. The summed E-state index contributed by atoms with van der Waals surface area (Å²) in [6.45, 7) is 5.73. The van der Waals surface area contributed by atoms with Gasteiger partial charge in [0.25, 0.3) is 0 Å². The van der Waals surface area contributed by atoms with Crippen molar-refractivity contribution in [1.29, 1.82) is 0 Å². The van der Waals surface area contributed by atoms with Crippen molar-refractivity contribution in [3.8, 4) is 0 Å². The molecule has 0 amide bonds. The van der Waals surface area contributed by atoms with Gasteiger partial charge < -0.3 is 0 Å². The van der Waals surface area contributed by atoms with Crippen molar-refractivity contribution in [2.24, 2.45) is 0 Å². The summed E-state index contributed by atoms with van der Waals surface area (Å²) in [5, 5.41) is 0. The van der Waals surface area contributed by atoms with Crippen LogP contribution < -0.4 is 4.72 Å². The number of hydrogen-bond acceptors (Lipinski definition) is 2. The third-order valence-corrected chi connectivity index (χ3v) is 4.21. The second-order valence-corrected chi connectivity index (χ2v) is 5.76. The molecule has 0 bridgehead atoms. The lowest BCUT2D eigenvalue weighted by Crippen LogP contribution is -2.32. The molecular weight excluding hydrogens is 222 g/mol. The van der Waals surface area contributed by atoms with E-state index in [1.165, 1.54) is 0 Å². The molecule has 1 unspecified atom stereocenters. The summed E-state index contributed by atoms with van der Waals surface area (Å²) in [4.78, 5) is 0.373. The molecular formula is C12H19NO2S. The van der Waals surface area contributed by atoms with E-state index in [0.717, 1.165) is 18.4 Å². The van der Waals surface area contributed by atoms with Gasteiger partial charge in [-0.15, -0.1) is 0 Å². The standard InChI is InChI=1S/C12H19NO2S/c1-4-7-11(3)13-16(14,15)12-9-6-5-8-10(12)2/h5-6,8-9,11,13H,4,7H2,1-3H3. The van der Waals surface area contributed by atoms with Crippen LogP contribution in [0.2, 0.25) is 0 Å². The second-order valence-electron chi connectivity index (χ2n) is 4.08. The lowest BCUT2D eigenvalue weighted by Gasteiger charge is -2.14. The number of rotatable bonds is 5. The predicted octanol–water partition coefficient (Wildman–Crippen LogP) is 2.46. The average Bonchev–Trinajstić information content (AvgIpc) is 2.17. The van der Waals surface area contributed by atoms with Crippen LogP contribution in [0.4, 0.5) is 0 Å². The molecule has 0 heterocycles. The van der Waals surface area contributed by atoms with Gasteiger partial charge in [-0.05, 0) is 31.9 Å².